The Hall–Kier alpha value is -1.15. The van der Waals surface area contributed by atoms with E-state index in [1.807, 2.05) is 6.26 Å². The molecule has 2 N–H and O–H groups in total. The molecule has 0 saturated heterocycles. The predicted octanol–water partition coefficient (Wildman–Crippen LogP) is 1.10. The van der Waals surface area contributed by atoms with Crippen molar-refractivity contribution in [3.63, 3.8) is 0 Å². The molecule has 1 atom stereocenters. The molecule has 8 heteroatoms. The molecule has 0 bridgehead atoms. The van der Waals surface area contributed by atoms with Crippen LogP contribution in [0.25, 0.3) is 0 Å². The maximum absolute atomic E-state index is 11.8. The molecule has 0 aliphatic carbocycles. The summed E-state index contributed by atoms with van der Waals surface area (Å²) in [6.45, 7) is 3.46. The third-order valence-electron chi connectivity index (χ3n) is 2.08. The monoisotopic (exact) mass is 275 g/mol. The second-order valence-corrected chi connectivity index (χ2v) is 5.48. The number of carbonyl (C=O) groups is 2. The number of rotatable bonds is 5. The molecule has 1 aromatic heterocycles. The van der Waals surface area contributed by atoms with E-state index < -0.39 is 17.9 Å². The molecule has 0 spiro atoms. The fourth-order valence-electron chi connectivity index (χ4n) is 1.18. The lowest BCUT2D eigenvalue weighted by Crippen LogP contribution is -2.44. The first kappa shape index (κ1) is 13.9. The van der Waals surface area contributed by atoms with Gasteiger partial charge in [0.1, 0.15) is 10.3 Å². The van der Waals surface area contributed by atoms with Gasteiger partial charge >= 0.3 is 5.97 Å². The van der Waals surface area contributed by atoms with Crippen molar-refractivity contribution >= 4 is 35.2 Å². The SMILES string of the molecule is CSc1snnc1C(=O)N[C@@H](C(=O)O)C(C)C. The zero-order valence-electron chi connectivity index (χ0n) is 9.63. The lowest BCUT2D eigenvalue weighted by atomic mass is 10.0. The van der Waals surface area contributed by atoms with Crippen LogP contribution in [0.3, 0.4) is 0 Å². The molecule has 6 nitrogen and oxygen atoms in total. The minimum Gasteiger partial charge on any atom is -0.480 e. The van der Waals surface area contributed by atoms with E-state index in [-0.39, 0.29) is 11.6 Å². The van der Waals surface area contributed by atoms with Crippen LogP contribution in [0.5, 0.6) is 0 Å². The van der Waals surface area contributed by atoms with Crippen molar-refractivity contribution < 1.29 is 14.7 Å². The predicted molar refractivity (Wildman–Crippen MR) is 65.4 cm³/mol. The van der Waals surface area contributed by atoms with E-state index in [4.69, 9.17) is 5.11 Å². The molecular weight excluding hydrogens is 262 g/mol. The van der Waals surface area contributed by atoms with Gasteiger partial charge in [-0.2, -0.15) is 0 Å². The molecule has 17 heavy (non-hydrogen) atoms. The first-order valence-electron chi connectivity index (χ1n) is 4.87. The third-order valence-corrected chi connectivity index (χ3v) is 3.89. The van der Waals surface area contributed by atoms with Crippen LogP contribution in [0.4, 0.5) is 0 Å². The molecule has 0 unspecified atom stereocenters. The summed E-state index contributed by atoms with van der Waals surface area (Å²) >= 11 is 2.47. The molecule has 0 fully saturated rings. The first-order chi connectivity index (χ1) is 7.97. The van der Waals surface area contributed by atoms with Crippen molar-refractivity contribution in [1.29, 1.82) is 0 Å². The molecule has 1 amide bonds. The Morgan fingerprint density at radius 1 is 1.47 bits per heavy atom. The number of hydrogen-bond donors (Lipinski definition) is 2. The second kappa shape index (κ2) is 5.97. The van der Waals surface area contributed by atoms with Gasteiger partial charge in [-0.3, -0.25) is 4.79 Å². The van der Waals surface area contributed by atoms with E-state index in [1.165, 1.54) is 11.8 Å². The molecule has 1 rings (SSSR count). The van der Waals surface area contributed by atoms with Crippen molar-refractivity contribution in [1.82, 2.24) is 14.9 Å². The van der Waals surface area contributed by atoms with Gasteiger partial charge in [0, 0.05) is 0 Å². The number of nitrogens with zero attached hydrogens (tertiary/aromatic N) is 2. The van der Waals surface area contributed by atoms with Gasteiger partial charge in [-0.1, -0.05) is 18.3 Å². The number of carboxylic acids is 1. The number of aliphatic carboxylic acids is 1. The van der Waals surface area contributed by atoms with Gasteiger partial charge in [0.15, 0.2) is 5.69 Å². The number of aromatic nitrogens is 2. The Morgan fingerprint density at radius 2 is 2.12 bits per heavy atom. The molecule has 0 aliphatic rings. The van der Waals surface area contributed by atoms with Gasteiger partial charge in [0.2, 0.25) is 0 Å². The van der Waals surface area contributed by atoms with Gasteiger partial charge < -0.3 is 10.4 Å². The molecule has 1 aromatic rings. The van der Waals surface area contributed by atoms with Crippen LogP contribution in [-0.2, 0) is 4.79 Å². The highest BCUT2D eigenvalue weighted by molar-refractivity contribution is 8.00. The van der Waals surface area contributed by atoms with E-state index >= 15 is 0 Å². The van der Waals surface area contributed by atoms with Crippen LogP contribution in [0.15, 0.2) is 4.21 Å². The van der Waals surface area contributed by atoms with Crippen LogP contribution in [0.1, 0.15) is 24.3 Å². The normalized spacial score (nSPS) is 12.5. The quantitative estimate of drug-likeness (QED) is 0.782. The molecule has 1 heterocycles. The summed E-state index contributed by atoms with van der Waals surface area (Å²) in [7, 11) is 0. The first-order valence-corrected chi connectivity index (χ1v) is 6.87. The molecule has 0 aliphatic heterocycles. The minimum absolute atomic E-state index is 0.189. The largest absolute Gasteiger partial charge is 0.480 e. The van der Waals surface area contributed by atoms with E-state index in [2.05, 4.69) is 14.9 Å². The zero-order chi connectivity index (χ0) is 13.0. The van der Waals surface area contributed by atoms with Crippen molar-refractivity contribution in [3.8, 4) is 0 Å². The lowest BCUT2D eigenvalue weighted by molar-refractivity contribution is -0.140. The highest BCUT2D eigenvalue weighted by Gasteiger charge is 2.26. The van der Waals surface area contributed by atoms with Gasteiger partial charge in [-0.25, -0.2) is 4.79 Å². The fourth-order valence-corrected chi connectivity index (χ4v) is 2.32. The molecule has 0 radical (unpaired) electrons. The standard InChI is InChI=1S/C9H13N3O3S2/c1-4(2)5(8(14)15)10-7(13)6-9(16-3)17-12-11-6/h4-5H,1-3H3,(H,10,13)(H,14,15)/t5-/m1/s1. The number of hydrogen-bond acceptors (Lipinski definition) is 6. The summed E-state index contributed by atoms with van der Waals surface area (Å²) in [5.41, 5.74) is 0.189. The number of carbonyl (C=O) groups excluding carboxylic acids is 1. The summed E-state index contributed by atoms with van der Waals surface area (Å²) in [4.78, 5) is 22.8. The Morgan fingerprint density at radius 3 is 2.59 bits per heavy atom. The zero-order valence-corrected chi connectivity index (χ0v) is 11.3. The Bertz CT molecular complexity index is 419. The van der Waals surface area contributed by atoms with Gasteiger partial charge in [0.05, 0.1) is 0 Å². The van der Waals surface area contributed by atoms with E-state index in [1.54, 1.807) is 13.8 Å². The van der Waals surface area contributed by atoms with Gasteiger partial charge in [0.25, 0.3) is 5.91 Å². The number of carboxylic acid groups (broad SMARTS) is 1. The number of amides is 1. The topological polar surface area (TPSA) is 92.2 Å². The van der Waals surface area contributed by atoms with Crippen LogP contribution in [-0.4, -0.2) is 38.9 Å². The maximum atomic E-state index is 11.8. The highest BCUT2D eigenvalue weighted by atomic mass is 32.2. The van der Waals surface area contributed by atoms with E-state index in [0.717, 1.165) is 11.5 Å². The average molecular weight is 275 g/mol. The maximum Gasteiger partial charge on any atom is 0.326 e. The average Bonchev–Trinajstić information content (AvgIpc) is 2.72. The van der Waals surface area contributed by atoms with Crippen molar-refractivity contribution in [2.45, 2.75) is 24.1 Å². The van der Waals surface area contributed by atoms with Crippen LogP contribution >= 0.6 is 23.3 Å². The summed E-state index contributed by atoms with van der Waals surface area (Å²) in [6.07, 6.45) is 1.81. The Labute approximate surface area is 107 Å². The Balaban J connectivity index is 2.81. The van der Waals surface area contributed by atoms with E-state index in [9.17, 15) is 9.59 Å². The van der Waals surface area contributed by atoms with Crippen LogP contribution in [0.2, 0.25) is 0 Å². The summed E-state index contributed by atoms with van der Waals surface area (Å²) in [6, 6.07) is -0.918. The highest BCUT2D eigenvalue weighted by Crippen LogP contribution is 2.22. The number of nitrogens with one attached hydrogen (secondary N) is 1. The summed E-state index contributed by atoms with van der Waals surface area (Å²) in [5, 5.41) is 15.1. The van der Waals surface area contributed by atoms with Gasteiger partial charge in [-0.15, -0.1) is 16.9 Å². The molecule has 0 aromatic carbocycles. The van der Waals surface area contributed by atoms with Crippen LogP contribution < -0.4 is 5.32 Å². The molecule has 0 saturated carbocycles. The van der Waals surface area contributed by atoms with Crippen molar-refractivity contribution in [2.24, 2.45) is 5.92 Å². The molecular formula is C9H13N3O3S2. The van der Waals surface area contributed by atoms with Crippen LogP contribution in [0, 0.1) is 5.92 Å². The van der Waals surface area contributed by atoms with Crippen molar-refractivity contribution in [2.75, 3.05) is 6.26 Å². The van der Waals surface area contributed by atoms with Gasteiger partial charge in [-0.05, 0) is 23.7 Å². The number of thioether (sulfide) groups is 1. The van der Waals surface area contributed by atoms with Crippen molar-refractivity contribution in [3.05, 3.63) is 5.69 Å². The summed E-state index contributed by atoms with van der Waals surface area (Å²) < 4.78 is 4.35. The van der Waals surface area contributed by atoms with E-state index in [0.29, 0.717) is 4.21 Å². The smallest absolute Gasteiger partial charge is 0.326 e. The third kappa shape index (κ3) is 3.40. The lowest BCUT2D eigenvalue weighted by Gasteiger charge is -2.17. The molecule has 94 valence electrons. The Kier molecular flexibility index (Phi) is 4.88. The minimum atomic E-state index is -1.05. The fraction of sp³-hybridized carbons (Fsp3) is 0.556. The second-order valence-electron chi connectivity index (χ2n) is 3.65. The summed E-state index contributed by atoms with van der Waals surface area (Å²) in [5.74, 6) is -1.74.